The first-order valence-corrected chi connectivity index (χ1v) is 3.93. The number of ether oxygens (including phenoxy) is 1. The molecule has 0 aliphatic rings. The topological polar surface area (TPSA) is 35.2 Å². The summed E-state index contributed by atoms with van der Waals surface area (Å²) in [6.07, 6.45) is 0.703. The summed E-state index contributed by atoms with van der Waals surface area (Å²) in [5.74, 6) is 1.53. The second-order valence-corrected chi connectivity index (χ2v) is 2.49. The molecule has 0 atom stereocenters. The molecule has 0 saturated carbocycles. The van der Waals surface area contributed by atoms with Crippen LogP contribution in [0.4, 0.5) is 0 Å². The van der Waals surface area contributed by atoms with Gasteiger partial charge in [-0.3, -0.25) is 0 Å². The minimum atomic E-state index is 0.575. The number of hydrogen-bond acceptors (Lipinski definition) is 2. The summed E-state index contributed by atoms with van der Waals surface area (Å²) in [5.41, 5.74) is 5.34. The number of rotatable bonds is 4. The normalized spacial score (nSPS) is 9.42. The lowest BCUT2D eigenvalue weighted by molar-refractivity contribution is 0.408. The molecule has 1 aromatic rings. The van der Waals surface area contributed by atoms with E-state index < -0.39 is 0 Å². The molecule has 0 aliphatic heterocycles. The van der Waals surface area contributed by atoms with Gasteiger partial charge < -0.3 is 10.5 Å². The fourth-order valence-corrected chi connectivity index (χ4v) is 0.867. The van der Waals surface area contributed by atoms with E-state index >= 15 is 0 Å². The van der Waals surface area contributed by atoms with Crippen LogP contribution in [0, 0.1) is 0 Å². The molecule has 0 amide bonds. The van der Waals surface area contributed by atoms with Crippen molar-refractivity contribution in [2.24, 2.45) is 5.73 Å². The van der Waals surface area contributed by atoms with Crippen LogP contribution in [0.2, 0.25) is 0 Å². The maximum Gasteiger partial charge on any atom is 0.126 e. The van der Waals surface area contributed by atoms with Crippen molar-refractivity contribution in [2.75, 3.05) is 6.54 Å². The smallest absolute Gasteiger partial charge is 0.126 e. The van der Waals surface area contributed by atoms with Gasteiger partial charge in [0.1, 0.15) is 5.75 Å². The van der Waals surface area contributed by atoms with E-state index in [1.807, 2.05) is 30.3 Å². The van der Waals surface area contributed by atoms with E-state index in [0.717, 1.165) is 5.75 Å². The average molecular weight is 163 g/mol. The highest BCUT2D eigenvalue weighted by Crippen LogP contribution is 2.12. The van der Waals surface area contributed by atoms with E-state index in [0.29, 0.717) is 18.7 Å². The lowest BCUT2D eigenvalue weighted by Gasteiger charge is -2.06. The summed E-state index contributed by atoms with van der Waals surface area (Å²) in [6.45, 7) is 4.31. The molecule has 2 nitrogen and oxygen atoms in total. The van der Waals surface area contributed by atoms with Crippen molar-refractivity contribution in [1.82, 2.24) is 0 Å². The molecule has 0 radical (unpaired) electrons. The van der Waals surface area contributed by atoms with Gasteiger partial charge in [-0.15, -0.1) is 0 Å². The van der Waals surface area contributed by atoms with E-state index in [9.17, 15) is 0 Å². The minimum absolute atomic E-state index is 0.575. The second kappa shape index (κ2) is 4.57. The van der Waals surface area contributed by atoms with Gasteiger partial charge >= 0.3 is 0 Å². The van der Waals surface area contributed by atoms with Gasteiger partial charge in [0, 0.05) is 6.42 Å². The van der Waals surface area contributed by atoms with Crippen molar-refractivity contribution in [2.45, 2.75) is 6.42 Å². The fraction of sp³-hybridized carbons (Fsp3) is 0.200. The molecule has 0 heterocycles. The van der Waals surface area contributed by atoms with Crippen molar-refractivity contribution >= 4 is 0 Å². The van der Waals surface area contributed by atoms with Gasteiger partial charge in [-0.2, -0.15) is 0 Å². The molecule has 2 N–H and O–H groups in total. The van der Waals surface area contributed by atoms with Crippen molar-refractivity contribution in [1.29, 1.82) is 0 Å². The van der Waals surface area contributed by atoms with Gasteiger partial charge in [0.15, 0.2) is 0 Å². The predicted molar refractivity (Wildman–Crippen MR) is 49.9 cm³/mol. The summed E-state index contributed by atoms with van der Waals surface area (Å²) in [6, 6.07) is 9.57. The fourth-order valence-electron chi connectivity index (χ4n) is 0.867. The highest BCUT2D eigenvalue weighted by Gasteiger charge is 1.94. The van der Waals surface area contributed by atoms with Gasteiger partial charge in [0.25, 0.3) is 0 Å². The molecule has 2 heteroatoms. The zero-order valence-electron chi connectivity index (χ0n) is 6.99. The van der Waals surface area contributed by atoms with E-state index in [2.05, 4.69) is 6.58 Å². The largest absolute Gasteiger partial charge is 0.462 e. The second-order valence-electron chi connectivity index (χ2n) is 2.49. The molecular formula is C10H13NO. The van der Waals surface area contributed by atoms with Gasteiger partial charge in [-0.1, -0.05) is 24.8 Å². The molecule has 0 spiro atoms. The molecule has 12 heavy (non-hydrogen) atoms. The third-order valence-electron chi connectivity index (χ3n) is 1.43. The Bertz CT molecular complexity index is 243. The summed E-state index contributed by atoms with van der Waals surface area (Å²) in [7, 11) is 0. The Labute approximate surface area is 72.7 Å². The van der Waals surface area contributed by atoms with Crippen LogP contribution >= 0.6 is 0 Å². The molecule has 0 aliphatic carbocycles. The quantitative estimate of drug-likeness (QED) is 0.688. The first-order valence-electron chi connectivity index (χ1n) is 3.93. The van der Waals surface area contributed by atoms with Crippen LogP contribution in [0.3, 0.4) is 0 Å². The Balaban J connectivity index is 2.47. The standard InChI is InChI=1S/C10H13NO/c1-9(7-8-11)12-10-5-3-2-4-6-10/h2-6H,1,7-8,11H2. The highest BCUT2D eigenvalue weighted by molar-refractivity contribution is 5.22. The molecule has 0 fully saturated rings. The Kier molecular flexibility index (Phi) is 3.35. The summed E-state index contributed by atoms with van der Waals surface area (Å²) < 4.78 is 5.38. The van der Waals surface area contributed by atoms with Crippen molar-refractivity contribution < 1.29 is 4.74 Å². The van der Waals surface area contributed by atoms with Crippen molar-refractivity contribution in [3.63, 3.8) is 0 Å². The van der Waals surface area contributed by atoms with Crippen LogP contribution in [-0.2, 0) is 0 Å². The predicted octanol–water partition coefficient (Wildman–Crippen LogP) is 1.93. The third kappa shape index (κ3) is 2.76. The van der Waals surface area contributed by atoms with E-state index in [4.69, 9.17) is 10.5 Å². The summed E-state index contributed by atoms with van der Waals surface area (Å²) in [4.78, 5) is 0. The Morgan fingerprint density at radius 1 is 1.33 bits per heavy atom. The first kappa shape index (κ1) is 8.81. The summed E-state index contributed by atoms with van der Waals surface area (Å²) in [5, 5.41) is 0. The zero-order chi connectivity index (χ0) is 8.81. The van der Waals surface area contributed by atoms with Crippen LogP contribution < -0.4 is 10.5 Å². The lowest BCUT2D eigenvalue weighted by atomic mass is 10.3. The highest BCUT2D eigenvalue weighted by atomic mass is 16.5. The average Bonchev–Trinajstić information content (AvgIpc) is 2.06. The van der Waals surface area contributed by atoms with E-state index in [1.165, 1.54) is 0 Å². The zero-order valence-corrected chi connectivity index (χ0v) is 6.99. The molecule has 0 bridgehead atoms. The van der Waals surface area contributed by atoms with Crippen molar-refractivity contribution in [3.8, 4) is 5.75 Å². The van der Waals surface area contributed by atoms with Crippen LogP contribution in [0.15, 0.2) is 42.7 Å². The van der Waals surface area contributed by atoms with E-state index in [1.54, 1.807) is 0 Å². The Morgan fingerprint density at radius 2 is 2.00 bits per heavy atom. The maximum atomic E-state index is 5.38. The van der Waals surface area contributed by atoms with Crippen LogP contribution in [-0.4, -0.2) is 6.54 Å². The third-order valence-corrected chi connectivity index (χ3v) is 1.43. The molecule has 64 valence electrons. The monoisotopic (exact) mass is 163 g/mol. The van der Waals surface area contributed by atoms with Gasteiger partial charge in [0.2, 0.25) is 0 Å². The van der Waals surface area contributed by atoms with Crippen LogP contribution in [0.5, 0.6) is 5.75 Å². The van der Waals surface area contributed by atoms with Gasteiger partial charge in [-0.05, 0) is 18.7 Å². The molecule has 1 rings (SSSR count). The molecule has 0 saturated heterocycles. The van der Waals surface area contributed by atoms with Crippen LogP contribution in [0.1, 0.15) is 6.42 Å². The maximum absolute atomic E-state index is 5.38. The minimum Gasteiger partial charge on any atom is -0.462 e. The first-order chi connectivity index (χ1) is 5.83. The number of benzene rings is 1. The number of para-hydroxylation sites is 1. The number of hydrogen-bond donors (Lipinski definition) is 1. The lowest BCUT2D eigenvalue weighted by Crippen LogP contribution is -2.03. The number of nitrogens with two attached hydrogens (primary N) is 1. The van der Waals surface area contributed by atoms with Gasteiger partial charge in [0.05, 0.1) is 5.76 Å². The van der Waals surface area contributed by atoms with Gasteiger partial charge in [-0.25, -0.2) is 0 Å². The SMILES string of the molecule is C=C(CCN)Oc1ccccc1. The Morgan fingerprint density at radius 3 is 2.58 bits per heavy atom. The van der Waals surface area contributed by atoms with E-state index in [-0.39, 0.29) is 0 Å². The Hall–Kier alpha value is -1.28. The summed E-state index contributed by atoms with van der Waals surface area (Å²) >= 11 is 0. The van der Waals surface area contributed by atoms with Crippen LogP contribution in [0.25, 0.3) is 0 Å². The molecule has 1 aromatic carbocycles. The molecule has 0 aromatic heterocycles. The molecular weight excluding hydrogens is 150 g/mol. The van der Waals surface area contributed by atoms with Crippen molar-refractivity contribution in [3.05, 3.63) is 42.7 Å². The molecule has 0 unspecified atom stereocenters.